The largest absolute Gasteiger partial charge is 0.435 e. The maximum absolute atomic E-state index is 12.0. The van der Waals surface area contributed by atoms with Crippen LogP contribution in [0, 0.1) is 0 Å². The molecular weight excluding hydrogens is 270 g/mol. The molecular formula is C13H18F2N2O3. The molecule has 5 nitrogen and oxygen atoms in total. The molecule has 3 N–H and O–H groups in total. The summed E-state index contributed by atoms with van der Waals surface area (Å²) >= 11 is 0. The Morgan fingerprint density at radius 3 is 2.50 bits per heavy atom. The molecule has 7 heteroatoms. The number of alkyl halides is 2. The Labute approximate surface area is 116 Å². The maximum Gasteiger partial charge on any atom is 0.387 e. The average Bonchev–Trinajstić information content (AvgIpc) is 2.43. The fourth-order valence-corrected chi connectivity index (χ4v) is 1.53. The van der Waals surface area contributed by atoms with Crippen molar-refractivity contribution < 1.29 is 23.0 Å². The van der Waals surface area contributed by atoms with Crippen LogP contribution in [0.3, 0.4) is 0 Å². The van der Waals surface area contributed by atoms with Gasteiger partial charge < -0.3 is 20.5 Å². The molecule has 1 rings (SSSR count). The van der Waals surface area contributed by atoms with E-state index in [0.717, 1.165) is 5.56 Å². The van der Waals surface area contributed by atoms with E-state index in [4.69, 9.17) is 10.5 Å². The standard InChI is InChI=1S/C13H18F2N2O3/c1-19-11(7-16)6-12(18)17-8-9-2-4-10(5-3-9)20-13(14)15/h2-5,11,13H,6-8,16H2,1H3,(H,17,18). The summed E-state index contributed by atoms with van der Waals surface area (Å²) in [5, 5.41) is 2.69. The Morgan fingerprint density at radius 2 is 2.00 bits per heavy atom. The minimum Gasteiger partial charge on any atom is -0.435 e. The molecule has 1 atom stereocenters. The second-order valence-corrected chi connectivity index (χ2v) is 4.10. The van der Waals surface area contributed by atoms with Crippen molar-refractivity contribution >= 4 is 5.91 Å². The average molecular weight is 288 g/mol. The maximum atomic E-state index is 12.0. The van der Waals surface area contributed by atoms with Gasteiger partial charge in [-0.25, -0.2) is 0 Å². The van der Waals surface area contributed by atoms with Gasteiger partial charge in [-0.15, -0.1) is 0 Å². The van der Waals surface area contributed by atoms with E-state index in [9.17, 15) is 13.6 Å². The number of nitrogens with one attached hydrogen (secondary N) is 1. The van der Waals surface area contributed by atoms with Crippen LogP contribution in [0.5, 0.6) is 5.75 Å². The summed E-state index contributed by atoms with van der Waals surface area (Å²) in [6.45, 7) is -2.28. The molecule has 0 saturated heterocycles. The molecule has 1 amide bonds. The van der Waals surface area contributed by atoms with Crippen LogP contribution in [0.2, 0.25) is 0 Å². The predicted molar refractivity (Wildman–Crippen MR) is 69.4 cm³/mol. The molecule has 0 saturated carbocycles. The van der Waals surface area contributed by atoms with Gasteiger partial charge in [0.05, 0.1) is 12.5 Å². The molecule has 0 aromatic heterocycles. The molecule has 1 aromatic rings. The third kappa shape index (κ3) is 5.94. The van der Waals surface area contributed by atoms with E-state index in [0.29, 0.717) is 6.54 Å². The highest BCUT2D eigenvalue weighted by atomic mass is 19.3. The van der Waals surface area contributed by atoms with Crippen LogP contribution < -0.4 is 15.8 Å². The molecule has 0 bridgehead atoms. The fourth-order valence-electron chi connectivity index (χ4n) is 1.53. The second kappa shape index (κ2) is 8.44. The minimum absolute atomic E-state index is 0.0812. The first kappa shape index (κ1) is 16.3. The minimum atomic E-state index is -2.84. The quantitative estimate of drug-likeness (QED) is 0.755. The van der Waals surface area contributed by atoms with Crippen LogP contribution in [-0.2, 0) is 16.1 Å². The van der Waals surface area contributed by atoms with Gasteiger partial charge in [-0.1, -0.05) is 12.1 Å². The number of halogens is 2. The first-order valence-electron chi connectivity index (χ1n) is 6.08. The number of carbonyl (C=O) groups excluding carboxylic acids is 1. The van der Waals surface area contributed by atoms with Crippen LogP contribution >= 0.6 is 0 Å². The van der Waals surface area contributed by atoms with Crippen molar-refractivity contribution in [1.82, 2.24) is 5.32 Å². The number of rotatable bonds is 8. The first-order chi connectivity index (χ1) is 9.55. The number of carbonyl (C=O) groups is 1. The number of nitrogens with two attached hydrogens (primary N) is 1. The first-order valence-corrected chi connectivity index (χ1v) is 6.08. The summed E-state index contributed by atoms with van der Waals surface area (Å²) < 4.78 is 33.2. The van der Waals surface area contributed by atoms with Gasteiger partial charge in [-0.2, -0.15) is 8.78 Å². The zero-order chi connectivity index (χ0) is 15.0. The fraction of sp³-hybridized carbons (Fsp3) is 0.462. The van der Waals surface area contributed by atoms with Crippen LogP contribution in [0.4, 0.5) is 8.78 Å². The van der Waals surface area contributed by atoms with Gasteiger partial charge >= 0.3 is 6.61 Å². The van der Waals surface area contributed by atoms with Gasteiger partial charge in [0.15, 0.2) is 0 Å². The smallest absolute Gasteiger partial charge is 0.387 e. The topological polar surface area (TPSA) is 73.6 Å². The molecule has 112 valence electrons. The van der Waals surface area contributed by atoms with Gasteiger partial charge in [0.1, 0.15) is 5.75 Å². The Hall–Kier alpha value is -1.73. The predicted octanol–water partition coefficient (Wildman–Crippen LogP) is 1.27. The summed E-state index contributed by atoms with van der Waals surface area (Å²) in [5.41, 5.74) is 6.19. The van der Waals surface area contributed by atoms with Gasteiger partial charge in [-0.05, 0) is 17.7 Å². The number of benzene rings is 1. The zero-order valence-electron chi connectivity index (χ0n) is 11.1. The number of methoxy groups -OCH3 is 1. The molecule has 0 fully saturated rings. The zero-order valence-corrected chi connectivity index (χ0v) is 11.1. The molecule has 0 aliphatic heterocycles. The SMILES string of the molecule is COC(CN)CC(=O)NCc1ccc(OC(F)F)cc1. The Balaban J connectivity index is 2.39. The molecule has 0 heterocycles. The third-order valence-electron chi connectivity index (χ3n) is 2.65. The second-order valence-electron chi connectivity index (χ2n) is 4.10. The third-order valence-corrected chi connectivity index (χ3v) is 2.65. The van der Waals surface area contributed by atoms with Gasteiger partial charge in [0.25, 0.3) is 0 Å². The Bertz CT molecular complexity index is 409. The van der Waals surface area contributed by atoms with Crippen LogP contribution in [-0.4, -0.2) is 32.3 Å². The lowest BCUT2D eigenvalue weighted by atomic mass is 10.2. The summed E-state index contributed by atoms with van der Waals surface area (Å²) in [6, 6.07) is 6.06. The van der Waals surface area contributed by atoms with E-state index >= 15 is 0 Å². The molecule has 0 aliphatic carbocycles. The van der Waals surface area contributed by atoms with E-state index in [1.54, 1.807) is 12.1 Å². The summed E-state index contributed by atoms with van der Waals surface area (Å²) in [7, 11) is 1.49. The van der Waals surface area contributed by atoms with Crippen LogP contribution in [0.25, 0.3) is 0 Å². The lowest BCUT2D eigenvalue weighted by molar-refractivity contribution is -0.123. The van der Waals surface area contributed by atoms with Crippen molar-refractivity contribution in [2.75, 3.05) is 13.7 Å². The van der Waals surface area contributed by atoms with Crippen molar-refractivity contribution in [1.29, 1.82) is 0 Å². The number of ether oxygens (including phenoxy) is 2. The lowest BCUT2D eigenvalue weighted by Crippen LogP contribution is -2.31. The number of hydrogen-bond acceptors (Lipinski definition) is 4. The van der Waals surface area contributed by atoms with Crippen molar-refractivity contribution in [3.05, 3.63) is 29.8 Å². The lowest BCUT2D eigenvalue weighted by Gasteiger charge is -2.12. The van der Waals surface area contributed by atoms with Gasteiger partial charge in [0, 0.05) is 20.2 Å². The summed E-state index contributed by atoms with van der Waals surface area (Å²) in [4.78, 5) is 11.6. The van der Waals surface area contributed by atoms with Crippen molar-refractivity contribution in [3.8, 4) is 5.75 Å². The van der Waals surface area contributed by atoms with E-state index in [-0.39, 0.29) is 30.7 Å². The summed E-state index contributed by atoms with van der Waals surface area (Å²) in [5.74, 6) is -0.104. The Morgan fingerprint density at radius 1 is 1.35 bits per heavy atom. The number of hydrogen-bond donors (Lipinski definition) is 2. The van der Waals surface area contributed by atoms with E-state index in [1.165, 1.54) is 19.2 Å². The molecule has 0 aliphatic rings. The van der Waals surface area contributed by atoms with Crippen LogP contribution in [0.15, 0.2) is 24.3 Å². The molecule has 20 heavy (non-hydrogen) atoms. The van der Waals surface area contributed by atoms with Crippen molar-refractivity contribution in [2.24, 2.45) is 5.73 Å². The Kier molecular flexibility index (Phi) is 6.89. The van der Waals surface area contributed by atoms with Crippen LogP contribution in [0.1, 0.15) is 12.0 Å². The highest BCUT2D eigenvalue weighted by Crippen LogP contribution is 2.14. The monoisotopic (exact) mass is 288 g/mol. The summed E-state index contributed by atoms with van der Waals surface area (Å²) in [6.07, 6.45) is -0.128. The molecule has 1 unspecified atom stereocenters. The highest BCUT2D eigenvalue weighted by Gasteiger charge is 2.11. The molecule has 1 aromatic carbocycles. The molecule has 0 spiro atoms. The van der Waals surface area contributed by atoms with Crippen molar-refractivity contribution in [3.63, 3.8) is 0 Å². The van der Waals surface area contributed by atoms with E-state index in [2.05, 4.69) is 10.1 Å². The normalized spacial score (nSPS) is 12.2. The van der Waals surface area contributed by atoms with Crippen molar-refractivity contribution in [2.45, 2.75) is 25.7 Å². The number of amides is 1. The van der Waals surface area contributed by atoms with Gasteiger partial charge in [-0.3, -0.25) is 4.79 Å². The van der Waals surface area contributed by atoms with E-state index in [1.807, 2.05) is 0 Å². The van der Waals surface area contributed by atoms with E-state index < -0.39 is 6.61 Å². The molecule has 0 radical (unpaired) electrons. The van der Waals surface area contributed by atoms with Gasteiger partial charge in [0.2, 0.25) is 5.91 Å². The highest BCUT2D eigenvalue weighted by molar-refractivity contribution is 5.76.